The molecule has 18 heavy (non-hydrogen) atoms. The van der Waals surface area contributed by atoms with Crippen molar-refractivity contribution in [1.82, 2.24) is 10.6 Å². The molecule has 2 fully saturated rings. The summed E-state index contributed by atoms with van der Waals surface area (Å²) in [5.74, 6) is 0.996. The average molecular weight is 254 g/mol. The van der Waals surface area contributed by atoms with Crippen molar-refractivity contribution in [1.29, 1.82) is 0 Å². The molecule has 0 spiro atoms. The summed E-state index contributed by atoms with van der Waals surface area (Å²) >= 11 is 0. The lowest BCUT2D eigenvalue weighted by Crippen LogP contribution is -2.53. The van der Waals surface area contributed by atoms with Crippen LogP contribution in [0, 0.1) is 5.92 Å². The molecule has 1 saturated heterocycles. The molecule has 0 aromatic carbocycles. The van der Waals surface area contributed by atoms with Crippen molar-refractivity contribution in [3.05, 3.63) is 0 Å². The Labute approximate surface area is 110 Å². The van der Waals surface area contributed by atoms with Crippen molar-refractivity contribution < 1.29 is 9.53 Å². The molecule has 0 aromatic heterocycles. The largest absolute Gasteiger partial charge is 0.381 e. The number of carbonyl (C=O) groups excluding carboxylic acids is 1. The van der Waals surface area contributed by atoms with Gasteiger partial charge in [-0.15, -0.1) is 0 Å². The fourth-order valence-electron chi connectivity index (χ4n) is 2.54. The Kier molecular flexibility index (Phi) is 5.01. The van der Waals surface area contributed by atoms with Crippen LogP contribution in [0.5, 0.6) is 0 Å². The maximum atomic E-state index is 12.1. The van der Waals surface area contributed by atoms with Crippen LogP contribution in [-0.2, 0) is 9.53 Å². The Morgan fingerprint density at radius 2 is 2.33 bits per heavy atom. The van der Waals surface area contributed by atoms with E-state index in [0.717, 1.165) is 57.9 Å². The molecule has 1 saturated carbocycles. The van der Waals surface area contributed by atoms with Gasteiger partial charge in [0, 0.05) is 19.8 Å². The number of amides is 1. The van der Waals surface area contributed by atoms with E-state index in [9.17, 15) is 4.79 Å². The minimum atomic E-state index is -0.297. The van der Waals surface area contributed by atoms with Gasteiger partial charge in [-0.1, -0.05) is 6.92 Å². The summed E-state index contributed by atoms with van der Waals surface area (Å²) in [6, 6.07) is 0. The van der Waals surface area contributed by atoms with Crippen LogP contribution in [0.15, 0.2) is 0 Å². The number of nitrogens with one attached hydrogen (secondary N) is 2. The molecule has 1 unspecified atom stereocenters. The average Bonchev–Trinajstić information content (AvgIpc) is 3.08. The first-order valence-corrected chi connectivity index (χ1v) is 7.38. The second-order valence-corrected chi connectivity index (χ2v) is 5.59. The van der Waals surface area contributed by atoms with Crippen LogP contribution >= 0.6 is 0 Å². The summed E-state index contributed by atoms with van der Waals surface area (Å²) in [5, 5.41) is 6.39. The first-order chi connectivity index (χ1) is 8.77. The third-order valence-corrected chi connectivity index (χ3v) is 4.08. The van der Waals surface area contributed by atoms with E-state index < -0.39 is 0 Å². The maximum Gasteiger partial charge on any atom is 0.240 e. The van der Waals surface area contributed by atoms with Gasteiger partial charge in [-0.3, -0.25) is 4.79 Å². The van der Waals surface area contributed by atoms with Crippen molar-refractivity contribution in [3.63, 3.8) is 0 Å². The molecular weight excluding hydrogens is 228 g/mol. The van der Waals surface area contributed by atoms with Crippen LogP contribution in [0.1, 0.15) is 45.4 Å². The molecule has 104 valence electrons. The Bertz CT molecular complexity index is 271. The van der Waals surface area contributed by atoms with Crippen molar-refractivity contribution in [2.45, 2.75) is 51.0 Å². The molecular formula is C14H26N2O2. The van der Waals surface area contributed by atoms with Gasteiger partial charge in [-0.25, -0.2) is 0 Å². The van der Waals surface area contributed by atoms with Crippen LogP contribution < -0.4 is 10.6 Å². The van der Waals surface area contributed by atoms with Gasteiger partial charge >= 0.3 is 0 Å². The Hall–Kier alpha value is -0.610. The van der Waals surface area contributed by atoms with E-state index in [1.165, 1.54) is 12.8 Å². The zero-order valence-corrected chi connectivity index (χ0v) is 11.5. The monoisotopic (exact) mass is 254 g/mol. The molecule has 1 heterocycles. The van der Waals surface area contributed by atoms with Crippen LogP contribution in [0.25, 0.3) is 0 Å². The molecule has 0 aromatic rings. The molecule has 0 radical (unpaired) electrons. The van der Waals surface area contributed by atoms with Crippen molar-refractivity contribution >= 4 is 5.91 Å². The van der Waals surface area contributed by atoms with E-state index >= 15 is 0 Å². The van der Waals surface area contributed by atoms with E-state index in [0.29, 0.717) is 0 Å². The minimum Gasteiger partial charge on any atom is -0.381 e. The van der Waals surface area contributed by atoms with Crippen LogP contribution in [-0.4, -0.2) is 37.7 Å². The highest BCUT2D eigenvalue weighted by Crippen LogP contribution is 2.28. The van der Waals surface area contributed by atoms with Crippen molar-refractivity contribution in [2.24, 2.45) is 5.92 Å². The van der Waals surface area contributed by atoms with E-state index in [1.54, 1.807) is 0 Å². The summed E-state index contributed by atoms with van der Waals surface area (Å²) in [4.78, 5) is 12.1. The number of ether oxygens (including phenoxy) is 1. The van der Waals surface area contributed by atoms with Gasteiger partial charge in [-0.05, 0) is 51.0 Å². The Balaban J connectivity index is 1.55. The SMILES string of the molecule is CCC1(C(=O)NCCCOCC2CC2)CCCN1. The van der Waals surface area contributed by atoms with Crippen LogP contribution in [0.3, 0.4) is 0 Å². The van der Waals surface area contributed by atoms with Gasteiger partial charge in [0.05, 0.1) is 5.54 Å². The number of carbonyl (C=O) groups is 1. The predicted octanol–water partition coefficient (Wildman–Crippen LogP) is 1.45. The van der Waals surface area contributed by atoms with Crippen LogP contribution in [0.2, 0.25) is 0 Å². The Morgan fingerprint density at radius 1 is 1.50 bits per heavy atom. The maximum absolute atomic E-state index is 12.1. The van der Waals surface area contributed by atoms with Gasteiger partial charge in [-0.2, -0.15) is 0 Å². The van der Waals surface area contributed by atoms with Gasteiger partial charge in [0.15, 0.2) is 0 Å². The number of hydrogen-bond acceptors (Lipinski definition) is 3. The summed E-state index contributed by atoms with van der Waals surface area (Å²) in [6.45, 7) is 5.45. The highest BCUT2D eigenvalue weighted by atomic mass is 16.5. The normalized spacial score (nSPS) is 27.4. The second kappa shape index (κ2) is 6.53. The molecule has 1 amide bonds. The van der Waals surface area contributed by atoms with E-state index in [2.05, 4.69) is 17.6 Å². The molecule has 4 heteroatoms. The predicted molar refractivity (Wildman–Crippen MR) is 71.4 cm³/mol. The lowest BCUT2D eigenvalue weighted by Gasteiger charge is -2.26. The molecule has 2 N–H and O–H groups in total. The quantitative estimate of drug-likeness (QED) is 0.645. The van der Waals surface area contributed by atoms with Gasteiger partial charge in [0.1, 0.15) is 0 Å². The Morgan fingerprint density at radius 3 is 2.94 bits per heavy atom. The molecule has 0 bridgehead atoms. The van der Waals surface area contributed by atoms with E-state index in [1.807, 2.05) is 0 Å². The number of rotatable bonds is 8. The summed E-state index contributed by atoms with van der Waals surface area (Å²) in [5.41, 5.74) is -0.297. The van der Waals surface area contributed by atoms with Gasteiger partial charge < -0.3 is 15.4 Å². The highest BCUT2D eigenvalue weighted by molar-refractivity contribution is 5.86. The molecule has 2 rings (SSSR count). The van der Waals surface area contributed by atoms with Gasteiger partial charge in [0.2, 0.25) is 5.91 Å². The number of hydrogen-bond donors (Lipinski definition) is 2. The lowest BCUT2D eigenvalue weighted by atomic mass is 9.93. The fraction of sp³-hybridized carbons (Fsp3) is 0.929. The molecule has 1 atom stereocenters. The highest BCUT2D eigenvalue weighted by Gasteiger charge is 2.38. The minimum absolute atomic E-state index is 0.171. The smallest absolute Gasteiger partial charge is 0.240 e. The zero-order valence-electron chi connectivity index (χ0n) is 11.5. The molecule has 2 aliphatic rings. The lowest BCUT2D eigenvalue weighted by molar-refractivity contribution is -0.127. The summed E-state index contributed by atoms with van der Waals surface area (Å²) < 4.78 is 5.55. The molecule has 4 nitrogen and oxygen atoms in total. The van der Waals surface area contributed by atoms with E-state index in [4.69, 9.17) is 4.74 Å². The van der Waals surface area contributed by atoms with Crippen LogP contribution in [0.4, 0.5) is 0 Å². The van der Waals surface area contributed by atoms with Crippen molar-refractivity contribution in [2.75, 3.05) is 26.3 Å². The first-order valence-electron chi connectivity index (χ1n) is 7.38. The standard InChI is InChI=1S/C14H26N2O2/c1-2-14(7-3-9-16-14)13(17)15-8-4-10-18-11-12-5-6-12/h12,16H,2-11H2,1H3,(H,15,17). The zero-order chi connectivity index (χ0) is 12.8. The molecule has 1 aliphatic carbocycles. The summed E-state index contributed by atoms with van der Waals surface area (Å²) in [7, 11) is 0. The topological polar surface area (TPSA) is 50.4 Å². The third-order valence-electron chi connectivity index (χ3n) is 4.08. The third kappa shape index (κ3) is 3.69. The van der Waals surface area contributed by atoms with Gasteiger partial charge in [0.25, 0.3) is 0 Å². The first kappa shape index (κ1) is 13.8. The van der Waals surface area contributed by atoms with E-state index in [-0.39, 0.29) is 11.4 Å². The molecule has 1 aliphatic heterocycles. The second-order valence-electron chi connectivity index (χ2n) is 5.59. The fourth-order valence-corrected chi connectivity index (χ4v) is 2.54. The van der Waals surface area contributed by atoms with Crippen molar-refractivity contribution in [3.8, 4) is 0 Å². The summed E-state index contributed by atoms with van der Waals surface area (Å²) in [6.07, 6.45) is 6.53.